The van der Waals surface area contributed by atoms with Gasteiger partial charge in [-0.05, 0) is 54.4 Å². The second-order valence-corrected chi connectivity index (χ2v) is 9.08. The number of hydroxylamine groups is 1. The van der Waals surface area contributed by atoms with Crippen molar-refractivity contribution < 1.29 is 38.5 Å². The number of anilines is 2. The molecule has 0 unspecified atom stereocenters. The maximum atomic E-state index is 13.9. The van der Waals surface area contributed by atoms with Gasteiger partial charge in [0.15, 0.2) is 17.6 Å². The predicted octanol–water partition coefficient (Wildman–Crippen LogP) is 4.24. The zero-order valence-electron chi connectivity index (χ0n) is 21.7. The molecule has 2 saturated heterocycles. The van der Waals surface area contributed by atoms with Crippen molar-refractivity contribution in [2.24, 2.45) is 5.92 Å². The molecule has 3 aromatic carbocycles. The van der Waals surface area contributed by atoms with Gasteiger partial charge in [0.1, 0.15) is 17.2 Å². The summed E-state index contributed by atoms with van der Waals surface area (Å²) in [7, 11) is 2.75. The van der Waals surface area contributed by atoms with Crippen LogP contribution in [0, 0.1) is 5.92 Å². The van der Waals surface area contributed by atoms with Crippen molar-refractivity contribution in [3.63, 3.8) is 0 Å². The second-order valence-electron chi connectivity index (χ2n) is 9.08. The third-order valence-electron chi connectivity index (χ3n) is 6.80. The van der Waals surface area contributed by atoms with Gasteiger partial charge in [-0.1, -0.05) is 31.2 Å². The lowest BCUT2D eigenvalue weighted by atomic mass is 9.87. The molecule has 3 atom stereocenters. The quantitative estimate of drug-likeness (QED) is 0.404. The number of carbonyl (C=O) groups is 3. The van der Waals surface area contributed by atoms with Gasteiger partial charge in [0.05, 0.1) is 38.2 Å². The van der Waals surface area contributed by atoms with E-state index in [1.165, 1.54) is 19.3 Å². The van der Waals surface area contributed by atoms with Crippen LogP contribution in [0.15, 0.2) is 66.7 Å². The number of fused-ring (bicyclic) bond motifs is 1. The molecule has 2 aliphatic rings. The molecule has 2 heterocycles. The number of ether oxygens (including phenoxy) is 3. The van der Waals surface area contributed by atoms with Crippen LogP contribution in [0.25, 0.3) is 0 Å². The summed E-state index contributed by atoms with van der Waals surface area (Å²) in [4.78, 5) is 47.3. The summed E-state index contributed by atoms with van der Waals surface area (Å²) in [5.41, 5.74) is 1.02. The van der Waals surface area contributed by atoms with Gasteiger partial charge in [0.2, 0.25) is 5.91 Å². The van der Waals surface area contributed by atoms with Crippen molar-refractivity contribution in [3.8, 4) is 17.2 Å². The van der Waals surface area contributed by atoms with Crippen LogP contribution < -0.4 is 24.2 Å². The molecule has 0 radical (unpaired) electrons. The largest absolute Gasteiger partial charge is 0.494 e. The summed E-state index contributed by atoms with van der Waals surface area (Å²) in [5.74, 6) is -2.47. The van der Waals surface area contributed by atoms with Gasteiger partial charge in [-0.2, -0.15) is 0 Å². The van der Waals surface area contributed by atoms with Gasteiger partial charge in [0.25, 0.3) is 5.91 Å². The molecule has 202 valence electrons. The fourth-order valence-electron chi connectivity index (χ4n) is 5.10. The van der Waals surface area contributed by atoms with Gasteiger partial charge in [-0.15, -0.1) is 0 Å². The Morgan fingerprint density at radius 3 is 2.26 bits per heavy atom. The van der Waals surface area contributed by atoms with E-state index in [1.807, 2.05) is 13.0 Å². The molecule has 5 rings (SSSR count). The van der Waals surface area contributed by atoms with E-state index in [4.69, 9.17) is 19.0 Å². The van der Waals surface area contributed by atoms with E-state index in [2.05, 4.69) is 0 Å². The number of amides is 2. The topological polar surface area (TPSA) is 115 Å². The summed E-state index contributed by atoms with van der Waals surface area (Å²) >= 11 is 0. The Morgan fingerprint density at radius 2 is 1.64 bits per heavy atom. The average molecular weight is 533 g/mol. The number of aromatic carboxylic acids is 1. The van der Waals surface area contributed by atoms with Crippen LogP contribution in [0.2, 0.25) is 0 Å². The molecule has 39 heavy (non-hydrogen) atoms. The minimum Gasteiger partial charge on any atom is -0.494 e. The monoisotopic (exact) mass is 532 g/mol. The Bertz CT molecular complexity index is 1390. The molecular weight excluding hydrogens is 504 g/mol. The molecule has 0 spiro atoms. The van der Waals surface area contributed by atoms with Gasteiger partial charge in [-0.3, -0.25) is 14.4 Å². The van der Waals surface area contributed by atoms with Crippen molar-refractivity contribution in [1.82, 2.24) is 0 Å². The third kappa shape index (κ3) is 4.42. The minimum absolute atomic E-state index is 0.00950. The lowest BCUT2D eigenvalue weighted by Gasteiger charge is -2.30. The summed E-state index contributed by atoms with van der Waals surface area (Å²) in [6, 6.07) is 17.8. The second kappa shape index (κ2) is 10.7. The number of hydrogen-bond acceptors (Lipinski definition) is 8. The van der Waals surface area contributed by atoms with Crippen molar-refractivity contribution in [1.29, 1.82) is 0 Å². The SMILES string of the molecule is CCCOc1ccc(N2C(=O)[C@@H]3[C@H](ON(c4ccccc4)[C@@H]3c3ccc(OC)c(OC)c3C(=O)O)C2=O)cc1. The fraction of sp³-hybridized carbons (Fsp3) is 0.276. The molecule has 0 aromatic heterocycles. The number of carboxylic acid groups (broad SMARTS) is 1. The number of methoxy groups -OCH3 is 2. The molecule has 0 saturated carbocycles. The number of imide groups is 1. The van der Waals surface area contributed by atoms with Crippen LogP contribution in [-0.2, 0) is 14.4 Å². The highest BCUT2D eigenvalue weighted by Crippen LogP contribution is 2.50. The van der Waals surface area contributed by atoms with Crippen LogP contribution in [-0.4, -0.2) is 49.8 Å². The first-order valence-electron chi connectivity index (χ1n) is 12.5. The Balaban J connectivity index is 1.61. The highest BCUT2D eigenvalue weighted by atomic mass is 16.7. The van der Waals surface area contributed by atoms with Gasteiger partial charge < -0.3 is 19.3 Å². The van der Waals surface area contributed by atoms with Crippen molar-refractivity contribution in [2.45, 2.75) is 25.5 Å². The zero-order chi connectivity index (χ0) is 27.7. The predicted molar refractivity (Wildman–Crippen MR) is 141 cm³/mol. The lowest BCUT2D eigenvalue weighted by Crippen LogP contribution is -2.37. The Hall–Kier alpha value is -4.57. The van der Waals surface area contributed by atoms with Gasteiger partial charge in [-0.25, -0.2) is 14.8 Å². The molecule has 2 aliphatic heterocycles. The summed E-state index contributed by atoms with van der Waals surface area (Å²) in [5, 5.41) is 11.7. The molecule has 1 N–H and O–H groups in total. The number of para-hydroxylation sites is 1. The van der Waals surface area contributed by atoms with Crippen LogP contribution in [0.4, 0.5) is 11.4 Å². The van der Waals surface area contributed by atoms with E-state index in [0.29, 0.717) is 23.7 Å². The Kier molecular flexibility index (Phi) is 7.12. The number of carbonyl (C=O) groups excluding carboxylic acids is 2. The van der Waals surface area contributed by atoms with Crippen LogP contribution in [0.5, 0.6) is 17.2 Å². The van der Waals surface area contributed by atoms with E-state index in [1.54, 1.807) is 60.7 Å². The number of rotatable bonds is 9. The van der Waals surface area contributed by atoms with Crippen LogP contribution in [0.1, 0.15) is 35.3 Å². The molecule has 3 aromatic rings. The van der Waals surface area contributed by atoms with E-state index in [0.717, 1.165) is 11.3 Å². The molecule has 0 bridgehead atoms. The van der Waals surface area contributed by atoms with E-state index in [-0.39, 0.29) is 22.6 Å². The molecule has 10 nitrogen and oxygen atoms in total. The zero-order valence-corrected chi connectivity index (χ0v) is 21.7. The van der Waals surface area contributed by atoms with Crippen molar-refractivity contribution in [2.75, 3.05) is 30.8 Å². The highest BCUT2D eigenvalue weighted by molar-refractivity contribution is 6.24. The molecule has 0 aliphatic carbocycles. The van der Waals surface area contributed by atoms with Crippen LogP contribution in [0.3, 0.4) is 0 Å². The standard InChI is InChI=1S/C29H28N2O8/c1-4-16-38-19-12-10-17(11-13-19)30-27(32)23-24(20-14-15-21(36-2)25(37-3)22(20)29(34)35)31(39-26(23)28(30)33)18-8-6-5-7-9-18/h5-15,23-24,26H,4,16H2,1-3H3,(H,34,35)/t23-,24+,26-/m0/s1. The van der Waals surface area contributed by atoms with E-state index < -0.39 is 35.8 Å². The first-order chi connectivity index (χ1) is 18.9. The highest BCUT2D eigenvalue weighted by Gasteiger charge is 2.61. The Labute approximate surface area is 225 Å². The summed E-state index contributed by atoms with van der Waals surface area (Å²) < 4.78 is 16.4. The number of nitrogens with zero attached hydrogens (tertiary/aromatic N) is 2. The number of carboxylic acids is 1. The van der Waals surface area contributed by atoms with Gasteiger partial charge >= 0.3 is 5.97 Å². The number of benzene rings is 3. The van der Waals surface area contributed by atoms with E-state index >= 15 is 0 Å². The third-order valence-corrected chi connectivity index (χ3v) is 6.80. The normalized spacial score (nSPS) is 20.2. The Morgan fingerprint density at radius 1 is 0.923 bits per heavy atom. The smallest absolute Gasteiger partial charge is 0.339 e. The molecule has 10 heteroatoms. The van der Waals surface area contributed by atoms with Crippen molar-refractivity contribution >= 4 is 29.2 Å². The first-order valence-corrected chi connectivity index (χ1v) is 12.5. The maximum absolute atomic E-state index is 13.9. The average Bonchev–Trinajstić information content (AvgIpc) is 3.47. The molecular formula is C29H28N2O8. The van der Waals surface area contributed by atoms with Gasteiger partial charge in [0, 0.05) is 0 Å². The first kappa shape index (κ1) is 26.1. The minimum atomic E-state index is -1.27. The lowest BCUT2D eigenvalue weighted by molar-refractivity contribution is -0.126. The maximum Gasteiger partial charge on any atom is 0.339 e. The number of hydrogen-bond donors (Lipinski definition) is 1. The fourth-order valence-corrected chi connectivity index (χ4v) is 5.10. The van der Waals surface area contributed by atoms with Crippen LogP contribution >= 0.6 is 0 Å². The molecule has 2 amide bonds. The molecule has 2 fully saturated rings. The summed E-state index contributed by atoms with van der Waals surface area (Å²) in [6.07, 6.45) is -0.312. The van der Waals surface area contributed by atoms with E-state index in [9.17, 15) is 19.5 Å². The summed E-state index contributed by atoms with van der Waals surface area (Å²) in [6.45, 7) is 2.55. The van der Waals surface area contributed by atoms with Crippen molar-refractivity contribution in [3.05, 3.63) is 77.9 Å².